The first kappa shape index (κ1) is 13.6. The lowest BCUT2D eigenvalue weighted by atomic mass is 9.42. The van der Waals surface area contributed by atoms with E-state index in [1.165, 1.54) is 57.9 Å². The smallest absolute Gasteiger partial charge is 0.0225 e. The molecular weight excluding hydrogens is 244 g/mol. The SMILES string of the molecule is CC1CC(N)CCN1C12CC3CC(C)(CC(C)(C3)C1)C2. The molecule has 2 nitrogen and oxygen atoms in total. The van der Waals surface area contributed by atoms with E-state index in [2.05, 4.69) is 25.7 Å². The maximum absolute atomic E-state index is 6.20. The first-order chi connectivity index (χ1) is 9.32. The highest BCUT2D eigenvalue weighted by atomic mass is 15.2. The Hall–Kier alpha value is -0.0800. The van der Waals surface area contributed by atoms with E-state index < -0.39 is 0 Å². The van der Waals surface area contributed by atoms with Gasteiger partial charge in [-0.15, -0.1) is 0 Å². The zero-order chi connectivity index (χ0) is 14.2. The number of hydrogen-bond acceptors (Lipinski definition) is 2. The number of piperidine rings is 1. The van der Waals surface area contributed by atoms with Crippen LogP contribution in [0.5, 0.6) is 0 Å². The van der Waals surface area contributed by atoms with Crippen LogP contribution in [0.3, 0.4) is 0 Å². The van der Waals surface area contributed by atoms with Crippen molar-refractivity contribution in [3.8, 4) is 0 Å². The van der Waals surface area contributed by atoms with E-state index in [0.29, 0.717) is 28.5 Å². The van der Waals surface area contributed by atoms with Crippen molar-refractivity contribution in [3.05, 3.63) is 0 Å². The predicted molar refractivity (Wildman–Crippen MR) is 83.5 cm³/mol. The molecule has 1 aliphatic heterocycles. The summed E-state index contributed by atoms with van der Waals surface area (Å²) in [7, 11) is 0. The largest absolute Gasteiger partial charge is 0.328 e. The molecule has 20 heavy (non-hydrogen) atoms. The van der Waals surface area contributed by atoms with Crippen molar-refractivity contribution in [1.29, 1.82) is 0 Å². The molecule has 0 aromatic heterocycles. The minimum Gasteiger partial charge on any atom is -0.328 e. The lowest BCUT2D eigenvalue weighted by Crippen LogP contribution is -2.68. The Kier molecular flexibility index (Phi) is 2.72. The van der Waals surface area contributed by atoms with Crippen LogP contribution >= 0.6 is 0 Å². The fourth-order valence-electron chi connectivity index (χ4n) is 7.62. The van der Waals surface area contributed by atoms with Crippen LogP contribution in [0.15, 0.2) is 0 Å². The minimum atomic E-state index is 0.446. The first-order valence-corrected chi connectivity index (χ1v) is 8.84. The van der Waals surface area contributed by atoms with E-state index in [0.717, 1.165) is 5.92 Å². The predicted octanol–water partition coefficient (Wildman–Crippen LogP) is 3.55. The second-order valence-corrected chi connectivity index (χ2v) is 9.68. The molecule has 4 atom stereocenters. The molecule has 1 saturated heterocycles. The van der Waals surface area contributed by atoms with Gasteiger partial charge >= 0.3 is 0 Å². The third kappa shape index (κ3) is 1.90. The molecule has 5 aliphatic rings. The van der Waals surface area contributed by atoms with Crippen LogP contribution in [0, 0.1) is 16.7 Å². The van der Waals surface area contributed by atoms with Crippen LogP contribution in [0.4, 0.5) is 0 Å². The first-order valence-electron chi connectivity index (χ1n) is 8.84. The summed E-state index contributed by atoms with van der Waals surface area (Å²) in [6.45, 7) is 8.86. The number of rotatable bonds is 1. The zero-order valence-electron chi connectivity index (χ0n) is 13.6. The molecule has 2 heteroatoms. The molecular formula is C18H32N2. The lowest BCUT2D eigenvalue weighted by molar-refractivity contribution is -0.174. The van der Waals surface area contributed by atoms with Crippen molar-refractivity contribution in [3.63, 3.8) is 0 Å². The van der Waals surface area contributed by atoms with Gasteiger partial charge in [-0.3, -0.25) is 4.90 Å². The van der Waals surface area contributed by atoms with Crippen LogP contribution in [0.1, 0.15) is 72.1 Å². The Balaban J connectivity index is 1.67. The van der Waals surface area contributed by atoms with Crippen LogP contribution in [0.25, 0.3) is 0 Å². The standard InChI is InChI=1S/C18H32N2/c1-13-6-15(19)4-5-20(13)18-9-14-7-16(2,11-18)10-17(3,8-14)12-18/h13-15H,4-12,19H2,1-3H3. The van der Waals surface area contributed by atoms with E-state index in [1.807, 2.05) is 0 Å². The summed E-state index contributed by atoms with van der Waals surface area (Å²) in [6.07, 6.45) is 11.3. The molecule has 4 bridgehead atoms. The summed E-state index contributed by atoms with van der Waals surface area (Å²) in [4.78, 5) is 2.91. The van der Waals surface area contributed by atoms with Gasteiger partial charge in [0.2, 0.25) is 0 Å². The average molecular weight is 276 g/mol. The summed E-state index contributed by atoms with van der Waals surface area (Å²) < 4.78 is 0. The van der Waals surface area contributed by atoms with Crippen molar-refractivity contribution in [2.24, 2.45) is 22.5 Å². The summed E-state index contributed by atoms with van der Waals surface area (Å²) in [6, 6.07) is 1.14. The average Bonchev–Trinajstić information content (AvgIpc) is 2.22. The lowest BCUT2D eigenvalue weighted by Gasteiger charge is -2.69. The minimum absolute atomic E-state index is 0.446. The highest BCUT2D eigenvalue weighted by Gasteiger charge is 2.62. The van der Waals surface area contributed by atoms with E-state index in [1.54, 1.807) is 0 Å². The Morgan fingerprint density at radius 1 is 1.00 bits per heavy atom. The Labute approximate surface area is 124 Å². The van der Waals surface area contributed by atoms with Gasteiger partial charge in [0, 0.05) is 24.2 Å². The molecule has 114 valence electrons. The fraction of sp³-hybridized carbons (Fsp3) is 1.00. The maximum Gasteiger partial charge on any atom is 0.0225 e. The van der Waals surface area contributed by atoms with Gasteiger partial charge in [0.25, 0.3) is 0 Å². The third-order valence-electron chi connectivity index (χ3n) is 7.12. The van der Waals surface area contributed by atoms with Gasteiger partial charge in [0.15, 0.2) is 0 Å². The fourth-order valence-corrected chi connectivity index (χ4v) is 7.62. The maximum atomic E-state index is 6.20. The topological polar surface area (TPSA) is 29.3 Å². The van der Waals surface area contributed by atoms with E-state index in [-0.39, 0.29) is 0 Å². The van der Waals surface area contributed by atoms with Crippen molar-refractivity contribution < 1.29 is 0 Å². The van der Waals surface area contributed by atoms with Gasteiger partial charge in [0.05, 0.1) is 0 Å². The van der Waals surface area contributed by atoms with Gasteiger partial charge in [-0.05, 0) is 75.0 Å². The van der Waals surface area contributed by atoms with Crippen molar-refractivity contribution in [1.82, 2.24) is 4.90 Å². The van der Waals surface area contributed by atoms with Gasteiger partial charge in [-0.2, -0.15) is 0 Å². The molecule has 4 aliphatic carbocycles. The quantitative estimate of drug-likeness (QED) is 0.793. The second-order valence-electron chi connectivity index (χ2n) is 9.68. The molecule has 5 rings (SSSR count). The van der Waals surface area contributed by atoms with Crippen LogP contribution < -0.4 is 5.73 Å². The molecule has 4 unspecified atom stereocenters. The van der Waals surface area contributed by atoms with Gasteiger partial charge in [-0.25, -0.2) is 0 Å². The molecule has 5 fully saturated rings. The van der Waals surface area contributed by atoms with Gasteiger partial charge < -0.3 is 5.73 Å². The number of nitrogens with zero attached hydrogens (tertiary/aromatic N) is 1. The Morgan fingerprint density at radius 2 is 1.65 bits per heavy atom. The third-order valence-corrected chi connectivity index (χ3v) is 7.12. The Bertz CT molecular complexity index is 400. The van der Waals surface area contributed by atoms with Crippen molar-refractivity contribution in [2.75, 3.05) is 6.54 Å². The van der Waals surface area contributed by atoms with Gasteiger partial charge in [-0.1, -0.05) is 13.8 Å². The van der Waals surface area contributed by atoms with E-state index in [4.69, 9.17) is 5.73 Å². The highest BCUT2D eigenvalue weighted by molar-refractivity contribution is 5.15. The van der Waals surface area contributed by atoms with Crippen LogP contribution in [0.2, 0.25) is 0 Å². The van der Waals surface area contributed by atoms with Crippen molar-refractivity contribution >= 4 is 0 Å². The summed E-state index contributed by atoms with van der Waals surface area (Å²) in [5, 5.41) is 0. The van der Waals surface area contributed by atoms with Gasteiger partial charge in [0.1, 0.15) is 0 Å². The molecule has 0 spiro atoms. The molecule has 0 amide bonds. The molecule has 1 heterocycles. The zero-order valence-corrected chi connectivity index (χ0v) is 13.6. The summed E-state index contributed by atoms with van der Waals surface area (Å²) >= 11 is 0. The molecule has 0 aromatic rings. The molecule has 0 radical (unpaired) electrons. The highest BCUT2D eigenvalue weighted by Crippen LogP contribution is 2.68. The van der Waals surface area contributed by atoms with Crippen molar-refractivity contribution in [2.45, 2.75) is 89.8 Å². The molecule has 2 N–H and O–H groups in total. The second kappa shape index (κ2) is 4.01. The van der Waals surface area contributed by atoms with E-state index in [9.17, 15) is 0 Å². The van der Waals surface area contributed by atoms with E-state index >= 15 is 0 Å². The monoisotopic (exact) mass is 276 g/mol. The summed E-state index contributed by atoms with van der Waals surface area (Å²) in [5.74, 6) is 1.00. The van der Waals surface area contributed by atoms with Crippen LogP contribution in [-0.2, 0) is 0 Å². The molecule has 0 aromatic carbocycles. The Morgan fingerprint density at radius 3 is 2.20 bits per heavy atom. The summed E-state index contributed by atoms with van der Waals surface area (Å²) in [5.41, 5.74) is 8.00. The molecule has 4 saturated carbocycles. The number of nitrogens with two attached hydrogens (primary N) is 1. The normalized spacial score (nSPS) is 59.1. The number of likely N-dealkylation sites (tertiary alicyclic amines) is 1. The van der Waals surface area contributed by atoms with Crippen LogP contribution in [-0.4, -0.2) is 29.1 Å². The number of hydrogen-bond donors (Lipinski definition) is 1.